The normalized spacial score (nSPS) is 10.9. The predicted octanol–water partition coefficient (Wildman–Crippen LogP) is 2.21. The van der Waals surface area contributed by atoms with Gasteiger partial charge in [0.05, 0.1) is 5.69 Å². The summed E-state index contributed by atoms with van der Waals surface area (Å²) in [5, 5.41) is 4.01. The summed E-state index contributed by atoms with van der Waals surface area (Å²) in [5.41, 5.74) is 3.55. The molecule has 0 aliphatic rings. The van der Waals surface area contributed by atoms with Crippen LogP contribution in [-0.2, 0) is 9.53 Å². The molecule has 1 N–H and O–H groups in total. The molecule has 0 aromatic heterocycles. The summed E-state index contributed by atoms with van der Waals surface area (Å²) in [6.07, 6.45) is 0. The number of hydrogen-bond acceptors (Lipinski definition) is 4. The number of carbonyl (C=O) groups excluding carboxylic acids is 1. The number of para-hydroxylation sites is 1. The van der Waals surface area contributed by atoms with Crippen LogP contribution in [0.15, 0.2) is 35.4 Å². The molecule has 0 heterocycles. The van der Waals surface area contributed by atoms with Crippen LogP contribution < -0.4 is 5.43 Å². The first-order chi connectivity index (χ1) is 7.18. The summed E-state index contributed by atoms with van der Waals surface area (Å²) in [6.45, 7) is 1.30. The van der Waals surface area contributed by atoms with Crippen LogP contribution in [0, 0.1) is 0 Å². The van der Waals surface area contributed by atoms with E-state index in [9.17, 15) is 4.79 Å². The zero-order valence-corrected chi connectivity index (χ0v) is 8.99. The van der Waals surface area contributed by atoms with Crippen LogP contribution >= 0.6 is 11.6 Å². The number of benzene rings is 1. The first-order valence-electron chi connectivity index (χ1n) is 4.35. The van der Waals surface area contributed by atoms with E-state index in [1.807, 2.05) is 30.3 Å². The first-order valence-corrected chi connectivity index (χ1v) is 4.73. The molecular formula is C10H11ClN2O2. The Balaban J connectivity index is 2.40. The highest BCUT2D eigenvalue weighted by Crippen LogP contribution is 2.04. The number of hydrogen-bond donors (Lipinski definition) is 1. The lowest BCUT2D eigenvalue weighted by atomic mass is 10.3. The molecule has 4 nitrogen and oxygen atoms in total. The van der Waals surface area contributed by atoms with E-state index in [1.165, 1.54) is 6.92 Å². The summed E-state index contributed by atoms with van der Waals surface area (Å²) in [6, 6.07) is 9.34. The van der Waals surface area contributed by atoms with Crippen molar-refractivity contribution in [2.75, 3.05) is 12.0 Å². The molecule has 1 aromatic carbocycles. The molecule has 5 heteroatoms. The van der Waals surface area contributed by atoms with Gasteiger partial charge in [-0.05, 0) is 12.1 Å². The van der Waals surface area contributed by atoms with Crippen LogP contribution in [0.4, 0.5) is 5.69 Å². The van der Waals surface area contributed by atoms with Crippen molar-refractivity contribution >= 4 is 28.4 Å². The average molecular weight is 227 g/mol. The number of nitrogens with zero attached hydrogens (tertiary/aromatic N) is 1. The molecule has 0 atom stereocenters. The Labute approximate surface area is 92.9 Å². The zero-order valence-electron chi connectivity index (χ0n) is 8.24. The number of hydrazone groups is 1. The molecule has 0 radical (unpaired) electrons. The van der Waals surface area contributed by atoms with Gasteiger partial charge in [-0.1, -0.05) is 29.8 Å². The van der Waals surface area contributed by atoms with E-state index >= 15 is 0 Å². The summed E-state index contributed by atoms with van der Waals surface area (Å²) >= 11 is 5.69. The summed E-state index contributed by atoms with van der Waals surface area (Å²) in [5.74, 6) is -0.386. The number of nitrogens with one attached hydrogen (secondary N) is 1. The van der Waals surface area contributed by atoms with Crippen molar-refractivity contribution in [3.63, 3.8) is 0 Å². The zero-order chi connectivity index (χ0) is 11.1. The number of anilines is 1. The van der Waals surface area contributed by atoms with Gasteiger partial charge in [0.1, 0.15) is 6.61 Å². The van der Waals surface area contributed by atoms with Gasteiger partial charge < -0.3 is 4.74 Å². The van der Waals surface area contributed by atoms with Crippen LogP contribution in [0.2, 0.25) is 0 Å². The molecule has 1 rings (SSSR count). The molecule has 0 amide bonds. The topological polar surface area (TPSA) is 50.7 Å². The Morgan fingerprint density at radius 1 is 1.47 bits per heavy atom. The second kappa shape index (κ2) is 6.03. The second-order valence-corrected chi connectivity index (χ2v) is 3.18. The Kier molecular flexibility index (Phi) is 4.63. The third kappa shape index (κ3) is 5.02. The SMILES string of the molecule is CC(=O)OCC(Cl)=NNc1ccccc1. The summed E-state index contributed by atoms with van der Waals surface area (Å²) < 4.78 is 4.65. The number of rotatable bonds is 4. The van der Waals surface area contributed by atoms with E-state index in [0.29, 0.717) is 0 Å². The number of carbonyl (C=O) groups is 1. The van der Waals surface area contributed by atoms with Crippen molar-refractivity contribution in [1.82, 2.24) is 0 Å². The Bertz CT molecular complexity index is 352. The maximum Gasteiger partial charge on any atom is 0.303 e. The lowest BCUT2D eigenvalue weighted by Gasteiger charge is -2.01. The molecule has 0 saturated carbocycles. The van der Waals surface area contributed by atoms with Gasteiger partial charge in [-0.2, -0.15) is 5.10 Å². The van der Waals surface area contributed by atoms with Crippen molar-refractivity contribution in [3.8, 4) is 0 Å². The molecule has 0 aliphatic heterocycles. The van der Waals surface area contributed by atoms with E-state index in [1.54, 1.807) is 0 Å². The van der Waals surface area contributed by atoms with Gasteiger partial charge in [-0.25, -0.2) is 0 Å². The van der Waals surface area contributed by atoms with Gasteiger partial charge in [0, 0.05) is 6.92 Å². The van der Waals surface area contributed by atoms with Crippen molar-refractivity contribution < 1.29 is 9.53 Å². The Morgan fingerprint density at radius 2 is 2.13 bits per heavy atom. The largest absolute Gasteiger partial charge is 0.458 e. The van der Waals surface area contributed by atoms with E-state index in [-0.39, 0.29) is 17.7 Å². The fraction of sp³-hybridized carbons (Fsp3) is 0.200. The molecule has 80 valence electrons. The van der Waals surface area contributed by atoms with Crippen molar-refractivity contribution in [1.29, 1.82) is 0 Å². The molecule has 1 aromatic rings. The lowest BCUT2D eigenvalue weighted by molar-refractivity contribution is -0.139. The summed E-state index contributed by atoms with van der Waals surface area (Å²) in [4.78, 5) is 10.5. The molecule has 0 bridgehead atoms. The van der Waals surface area contributed by atoms with E-state index in [0.717, 1.165) is 5.69 Å². The van der Waals surface area contributed by atoms with E-state index in [2.05, 4.69) is 15.3 Å². The maximum atomic E-state index is 10.5. The average Bonchev–Trinajstić information content (AvgIpc) is 2.25. The Hall–Kier alpha value is -1.55. The summed E-state index contributed by atoms with van der Waals surface area (Å²) in [7, 11) is 0. The molecule has 0 saturated heterocycles. The monoisotopic (exact) mass is 226 g/mol. The minimum absolute atomic E-state index is 0.0171. The van der Waals surface area contributed by atoms with Crippen LogP contribution in [0.3, 0.4) is 0 Å². The lowest BCUT2D eigenvalue weighted by Crippen LogP contribution is -2.08. The molecule has 0 aliphatic carbocycles. The minimum atomic E-state index is -0.386. The van der Waals surface area contributed by atoms with E-state index in [4.69, 9.17) is 11.6 Å². The van der Waals surface area contributed by atoms with Crippen LogP contribution in [0.5, 0.6) is 0 Å². The highest BCUT2D eigenvalue weighted by atomic mass is 35.5. The minimum Gasteiger partial charge on any atom is -0.458 e. The quantitative estimate of drug-likeness (QED) is 0.487. The molecule has 15 heavy (non-hydrogen) atoms. The number of ether oxygens (including phenoxy) is 1. The van der Waals surface area contributed by atoms with Crippen molar-refractivity contribution in [2.45, 2.75) is 6.92 Å². The highest BCUT2D eigenvalue weighted by molar-refractivity contribution is 6.65. The molecule has 0 fully saturated rings. The molecular weight excluding hydrogens is 216 g/mol. The van der Waals surface area contributed by atoms with Crippen molar-refractivity contribution in [2.24, 2.45) is 5.10 Å². The van der Waals surface area contributed by atoms with Crippen LogP contribution in [0.1, 0.15) is 6.92 Å². The van der Waals surface area contributed by atoms with Gasteiger partial charge in [-0.15, -0.1) is 0 Å². The van der Waals surface area contributed by atoms with Gasteiger partial charge in [0.25, 0.3) is 0 Å². The highest BCUT2D eigenvalue weighted by Gasteiger charge is 1.97. The van der Waals surface area contributed by atoms with Crippen molar-refractivity contribution in [3.05, 3.63) is 30.3 Å². The predicted molar refractivity (Wildman–Crippen MR) is 60.0 cm³/mol. The fourth-order valence-corrected chi connectivity index (χ4v) is 0.928. The van der Waals surface area contributed by atoms with Crippen LogP contribution in [-0.4, -0.2) is 17.7 Å². The smallest absolute Gasteiger partial charge is 0.303 e. The van der Waals surface area contributed by atoms with Gasteiger partial charge >= 0.3 is 5.97 Å². The molecule has 0 spiro atoms. The number of halogens is 1. The standard InChI is InChI=1S/C10H11ClN2O2/c1-8(14)15-7-10(11)13-12-9-5-3-2-4-6-9/h2-6,12H,7H2,1H3. The molecule has 0 unspecified atom stereocenters. The second-order valence-electron chi connectivity index (χ2n) is 2.75. The first kappa shape index (κ1) is 11.5. The van der Waals surface area contributed by atoms with Gasteiger partial charge in [0.2, 0.25) is 0 Å². The fourth-order valence-electron chi connectivity index (χ4n) is 0.831. The van der Waals surface area contributed by atoms with Gasteiger partial charge in [-0.3, -0.25) is 10.2 Å². The third-order valence-corrected chi connectivity index (χ3v) is 1.67. The Morgan fingerprint density at radius 3 is 2.73 bits per heavy atom. The van der Waals surface area contributed by atoms with E-state index < -0.39 is 0 Å². The maximum absolute atomic E-state index is 10.5. The van der Waals surface area contributed by atoms with Crippen LogP contribution in [0.25, 0.3) is 0 Å². The van der Waals surface area contributed by atoms with Gasteiger partial charge in [0.15, 0.2) is 5.17 Å². The number of esters is 1. The third-order valence-electron chi connectivity index (χ3n) is 1.47.